The summed E-state index contributed by atoms with van der Waals surface area (Å²) in [6, 6.07) is 22.9. The second-order valence-corrected chi connectivity index (χ2v) is 7.92. The minimum absolute atomic E-state index is 0.369. The van der Waals surface area contributed by atoms with Gasteiger partial charge in [0.15, 0.2) is 5.82 Å². The molecule has 0 radical (unpaired) electrons. The Bertz CT molecular complexity index is 1450. The lowest BCUT2D eigenvalue weighted by atomic mass is 10.2. The van der Waals surface area contributed by atoms with Crippen LogP contribution in [0.15, 0.2) is 79.0 Å². The molecule has 2 aromatic carbocycles. The van der Waals surface area contributed by atoms with Crippen molar-refractivity contribution in [3.05, 3.63) is 90.3 Å². The van der Waals surface area contributed by atoms with Gasteiger partial charge in [0.2, 0.25) is 0 Å². The molecular formula is C25H21N7O. The largest absolute Gasteiger partial charge is 0.326 e. The van der Waals surface area contributed by atoms with Crippen LogP contribution in [0.2, 0.25) is 0 Å². The standard InChI is InChI=1S/C25H21N7O/c33-25(27-23-19-13-7-14-20(19)29-31(23)17-9-3-1-4-10-17)28-24-22-21(15-8-16-26-22)30-32(24)18-11-5-2-6-12-18/h1-6,8-12,15-16H,7,13-14H2,(H2,27,28,33). The van der Waals surface area contributed by atoms with Crippen LogP contribution in [0.25, 0.3) is 22.4 Å². The second kappa shape index (κ2) is 7.90. The average Bonchev–Trinajstić information content (AvgIpc) is 3.55. The minimum Gasteiger partial charge on any atom is -0.292 e. The summed E-state index contributed by atoms with van der Waals surface area (Å²) in [6.07, 6.45) is 4.55. The van der Waals surface area contributed by atoms with Gasteiger partial charge in [-0.15, -0.1) is 0 Å². The van der Waals surface area contributed by atoms with E-state index in [4.69, 9.17) is 5.10 Å². The van der Waals surface area contributed by atoms with Crippen molar-refractivity contribution in [3.8, 4) is 11.4 Å². The molecule has 8 nitrogen and oxygen atoms in total. The molecule has 0 fully saturated rings. The molecule has 1 aliphatic rings. The number of anilines is 2. The van der Waals surface area contributed by atoms with Crippen LogP contribution >= 0.6 is 0 Å². The molecule has 0 atom stereocenters. The zero-order valence-electron chi connectivity index (χ0n) is 17.8. The van der Waals surface area contributed by atoms with Gasteiger partial charge in [0, 0.05) is 11.8 Å². The van der Waals surface area contributed by atoms with E-state index in [1.54, 1.807) is 10.9 Å². The van der Waals surface area contributed by atoms with E-state index in [2.05, 4.69) is 20.7 Å². The molecule has 3 heterocycles. The van der Waals surface area contributed by atoms with Crippen molar-refractivity contribution >= 4 is 28.7 Å². The summed E-state index contributed by atoms with van der Waals surface area (Å²) in [6.45, 7) is 0. The number of fused-ring (bicyclic) bond motifs is 2. The number of urea groups is 1. The Morgan fingerprint density at radius 3 is 2.15 bits per heavy atom. The van der Waals surface area contributed by atoms with Gasteiger partial charge < -0.3 is 0 Å². The number of carbonyl (C=O) groups excluding carboxylic acids is 1. The number of nitrogens with one attached hydrogen (secondary N) is 2. The Morgan fingerprint density at radius 2 is 1.42 bits per heavy atom. The molecule has 2 N–H and O–H groups in total. The molecule has 33 heavy (non-hydrogen) atoms. The fourth-order valence-corrected chi connectivity index (χ4v) is 4.31. The van der Waals surface area contributed by atoms with Gasteiger partial charge in [-0.3, -0.25) is 15.6 Å². The topological polar surface area (TPSA) is 89.7 Å². The number of nitrogens with zero attached hydrogens (tertiary/aromatic N) is 5. The lowest BCUT2D eigenvalue weighted by Crippen LogP contribution is -2.23. The van der Waals surface area contributed by atoms with Crippen molar-refractivity contribution in [2.24, 2.45) is 0 Å². The first kappa shape index (κ1) is 19.2. The third-order valence-electron chi connectivity index (χ3n) is 5.80. The van der Waals surface area contributed by atoms with Crippen LogP contribution in [0.3, 0.4) is 0 Å². The monoisotopic (exact) mass is 435 g/mol. The average molecular weight is 435 g/mol. The van der Waals surface area contributed by atoms with Crippen molar-refractivity contribution < 1.29 is 4.79 Å². The van der Waals surface area contributed by atoms with Gasteiger partial charge in [-0.2, -0.15) is 10.2 Å². The smallest absolute Gasteiger partial charge is 0.292 e. The molecule has 0 unspecified atom stereocenters. The number of pyridine rings is 1. The van der Waals surface area contributed by atoms with Crippen LogP contribution in [0.1, 0.15) is 17.7 Å². The second-order valence-electron chi connectivity index (χ2n) is 7.92. The first-order valence-corrected chi connectivity index (χ1v) is 10.9. The minimum atomic E-state index is -0.369. The van der Waals surface area contributed by atoms with Gasteiger partial charge in [0.1, 0.15) is 16.9 Å². The molecular weight excluding hydrogens is 414 g/mol. The van der Waals surface area contributed by atoms with E-state index in [1.807, 2.05) is 77.5 Å². The summed E-state index contributed by atoms with van der Waals surface area (Å²) in [5.74, 6) is 1.21. The van der Waals surface area contributed by atoms with Crippen molar-refractivity contribution in [2.75, 3.05) is 10.6 Å². The highest BCUT2D eigenvalue weighted by Gasteiger charge is 2.25. The number of carbonyl (C=O) groups is 1. The van der Waals surface area contributed by atoms with Crippen molar-refractivity contribution in [2.45, 2.75) is 19.3 Å². The van der Waals surface area contributed by atoms with Gasteiger partial charge in [-0.25, -0.2) is 14.2 Å². The molecule has 0 saturated heterocycles. The third kappa shape index (κ3) is 3.41. The molecule has 2 amide bonds. The normalized spacial score (nSPS) is 12.6. The lowest BCUT2D eigenvalue weighted by molar-refractivity contribution is 0.262. The van der Waals surface area contributed by atoms with Gasteiger partial charge in [-0.05, 0) is 55.7 Å². The van der Waals surface area contributed by atoms with Crippen LogP contribution in [0, 0.1) is 0 Å². The predicted octanol–water partition coefficient (Wildman–Crippen LogP) is 4.74. The number of para-hydroxylation sites is 2. The summed E-state index contributed by atoms with van der Waals surface area (Å²) in [4.78, 5) is 17.7. The van der Waals surface area contributed by atoms with E-state index >= 15 is 0 Å². The van der Waals surface area contributed by atoms with E-state index in [0.717, 1.165) is 41.9 Å². The highest BCUT2D eigenvalue weighted by molar-refractivity contribution is 6.04. The highest BCUT2D eigenvalue weighted by atomic mass is 16.2. The number of aryl methyl sites for hydroxylation is 1. The number of hydrogen-bond acceptors (Lipinski definition) is 4. The molecule has 0 aliphatic heterocycles. The summed E-state index contributed by atoms with van der Waals surface area (Å²) in [5, 5.41) is 15.5. The molecule has 8 heteroatoms. The van der Waals surface area contributed by atoms with Crippen LogP contribution in [-0.2, 0) is 12.8 Å². The van der Waals surface area contributed by atoms with Gasteiger partial charge >= 0.3 is 6.03 Å². The molecule has 162 valence electrons. The third-order valence-corrected chi connectivity index (χ3v) is 5.80. The fraction of sp³-hybridized carbons (Fsp3) is 0.120. The van der Waals surface area contributed by atoms with Crippen LogP contribution in [0.5, 0.6) is 0 Å². The summed E-state index contributed by atoms with van der Waals surface area (Å²) < 4.78 is 3.52. The summed E-state index contributed by atoms with van der Waals surface area (Å²) in [5.41, 5.74) is 5.19. The Balaban J connectivity index is 1.37. The van der Waals surface area contributed by atoms with Gasteiger partial charge in [0.25, 0.3) is 0 Å². The van der Waals surface area contributed by atoms with Gasteiger partial charge in [0.05, 0.1) is 17.1 Å². The number of aromatic nitrogens is 5. The molecule has 0 spiro atoms. The predicted molar refractivity (Wildman–Crippen MR) is 127 cm³/mol. The van der Waals surface area contributed by atoms with Crippen LogP contribution < -0.4 is 10.6 Å². The molecule has 0 bridgehead atoms. The number of rotatable bonds is 4. The van der Waals surface area contributed by atoms with Gasteiger partial charge in [-0.1, -0.05) is 36.4 Å². The van der Waals surface area contributed by atoms with E-state index in [9.17, 15) is 4.79 Å². The molecule has 1 aliphatic carbocycles. The van der Waals surface area contributed by atoms with E-state index in [0.29, 0.717) is 22.7 Å². The Kier molecular flexibility index (Phi) is 4.61. The Hall–Kier alpha value is -4.46. The quantitative estimate of drug-likeness (QED) is 0.427. The zero-order chi connectivity index (χ0) is 22.2. The van der Waals surface area contributed by atoms with Crippen LogP contribution in [-0.4, -0.2) is 30.6 Å². The molecule has 6 rings (SSSR count). The maximum absolute atomic E-state index is 13.3. The first-order valence-electron chi connectivity index (χ1n) is 10.9. The van der Waals surface area contributed by atoms with Crippen molar-refractivity contribution in [1.29, 1.82) is 0 Å². The first-order chi connectivity index (χ1) is 16.3. The van der Waals surface area contributed by atoms with Crippen molar-refractivity contribution in [1.82, 2.24) is 24.5 Å². The zero-order valence-corrected chi connectivity index (χ0v) is 17.8. The van der Waals surface area contributed by atoms with Crippen LogP contribution in [0.4, 0.5) is 16.4 Å². The fourth-order valence-electron chi connectivity index (χ4n) is 4.31. The highest BCUT2D eigenvalue weighted by Crippen LogP contribution is 2.31. The van der Waals surface area contributed by atoms with E-state index < -0.39 is 0 Å². The summed E-state index contributed by atoms with van der Waals surface area (Å²) in [7, 11) is 0. The van der Waals surface area contributed by atoms with E-state index in [1.165, 1.54) is 0 Å². The number of benzene rings is 2. The van der Waals surface area contributed by atoms with E-state index in [-0.39, 0.29) is 6.03 Å². The number of hydrogen-bond donors (Lipinski definition) is 2. The SMILES string of the molecule is O=C(Nc1c2c(nn1-c1ccccc1)CCC2)Nc1c2ncccc2nn1-c1ccccc1. The number of amides is 2. The molecule has 3 aromatic heterocycles. The molecule has 0 saturated carbocycles. The molecule has 5 aromatic rings. The Labute approximate surface area is 189 Å². The maximum Gasteiger partial charge on any atom is 0.326 e. The lowest BCUT2D eigenvalue weighted by Gasteiger charge is -2.13. The maximum atomic E-state index is 13.3. The summed E-state index contributed by atoms with van der Waals surface area (Å²) >= 11 is 0. The van der Waals surface area contributed by atoms with Crippen molar-refractivity contribution in [3.63, 3.8) is 0 Å². The Morgan fingerprint density at radius 1 is 0.758 bits per heavy atom.